The molecule has 2 aromatic heterocycles. The molecule has 0 fully saturated rings. The Balaban J connectivity index is 1.33. The van der Waals surface area contributed by atoms with E-state index >= 15 is 0 Å². The van der Waals surface area contributed by atoms with E-state index in [1.807, 2.05) is 42.5 Å². The number of nitrogens with zero attached hydrogens (tertiary/aromatic N) is 3. The van der Waals surface area contributed by atoms with E-state index in [0.29, 0.717) is 17.3 Å². The number of nitrogens with one attached hydrogen (secondary N) is 1. The van der Waals surface area contributed by atoms with Crippen LogP contribution in [0.4, 0.5) is 5.95 Å². The average molecular weight is 535 g/mol. The minimum Gasteiger partial charge on any atom is -0.486 e. The monoisotopic (exact) mass is 534 g/mol. The Morgan fingerprint density at radius 2 is 2.00 bits per heavy atom. The highest BCUT2D eigenvalue weighted by molar-refractivity contribution is 14.1. The summed E-state index contributed by atoms with van der Waals surface area (Å²) in [5.41, 5.74) is 0.981. The van der Waals surface area contributed by atoms with Crippen molar-refractivity contribution in [3.05, 3.63) is 92.7 Å². The van der Waals surface area contributed by atoms with Crippen LogP contribution < -0.4 is 10.1 Å². The highest BCUT2D eigenvalue weighted by Gasteiger charge is 2.14. The van der Waals surface area contributed by atoms with Gasteiger partial charge in [-0.25, -0.2) is 9.67 Å². The van der Waals surface area contributed by atoms with Crippen molar-refractivity contribution in [2.75, 3.05) is 5.32 Å². The zero-order valence-corrected chi connectivity index (χ0v) is 18.5. The number of halogens is 2. The molecule has 0 aliphatic heterocycles. The third kappa shape index (κ3) is 5.39. The van der Waals surface area contributed by atoms with Crippen LogP contribution in [0.15, 0.2) is 71.4 Å². The number of carbonyl (C=O) groups excluding carboxylic acids is 1. The Hall–Kier alpha value is -2.85. The maximum atomic E-state index is 12.4. The standard InChI is InChI=1S/C21H16ClIN4O3/c22-15-3-1-2-14(10-15)11-27-13-24-21(26-27)25-20(28)19-9-8-18(30-19)12-29-17-6-4-16(23)5-7-17/h1-10,13H,11-12H2,(H,25,26,28). The lowest BCUT2D eigenvalue weighted by atomic mass is 10.2. The second-order valence-corrected chi connectivity index (χ2v) is 8.04. The Bertz CT molecular complexity index is 1160. The van der Waals surface area contributed by atoms with Gasteiger partial charge in [0.1, 0.15) is 24.4 Å². The predicted octanol–water partition coefficient (Wildman–Crippen LogP) is 5.01. The zero-order chi connectivity index (χ0) is 20.9. The summed E-state index contributed by atoms with van der Waals surface area (Å²) in [6, 6.07) is 18.4. The van der Waals surface area contributed by atoms with E-state index < -0.39 is 5.91 Å². The number of ether oxygens (including phenoxy) is 1. The molecule has 2 heterocycles. The Morgan fingerprint density at radius 3 is 2.80 bits per heavy atom. The van der Waals surface area contributed by atoms with Gasteiger partial charge in [-0.15, -0.1) is 5.10 Å². The summed E-state index contributed by atoms with van der Waals surface area (Å²) in [5, 5.41) is 7.53. The Morgan fingerprint density at radius 1 is 1.17 bits per heavy atom. The molecule has 0 radical (unpaired) electrons. The van der Waals surface area contributed by atoms with Crippen molar-refractivity contribution in [3.8, 4) is 5.75 Å². The molecule has 9 heteroatoms. The van der Waals surface area contributed by atoms with E-state index in [2.05, 4.69) is 38.0 Å². The molecule has 7 nitrogen and oxygen atoms in total. The summed E-state index contributed by atoms with van der Waals surface area (Å²) in [4.78, 5) is 16.5. The van der Waals surface area contributed by atoms with Crippen molar-refractivity contribution >= 4 is 46.0 Å². The molecule has 1 amide bonds. The van der Waals surface area contributed by atoms with Gasteiger partial charge in [0.05, 0.1) is 6.54 Å². The molecule has 30 heavy (non-hydrogen) atoms. The van der Waals surface area contributed by atoms with Crippen molar-refractivity contribution in [2.45, 2.75) is 13.2 Å². The fraction of sp³-hybridized carbons (Fsp3) is 0.0952. The smallest absolute Gasteiger partial charge is 0.293 e. The fourth-order valence-electron chi connectivity index (χ4n) is 2.68. The van der Waals surface area contributed by atoms with Crippen LogP contribution in [0.1, 0.15) is 21.9 Å². The van der Waals surface area contributed by atoms with Crippen molar-refractivity contribution in [2.24, 2.45) is 0 Å². The number of carbonyl (C=O) groups is 1. The number of hydrogen-bond acceptors (Lipinski definition) is 5. The average Bonchev–Trinajstić information content (AvgIpc) is 3.37. The lowest BCUT2D eigenvalue weighted by Crippen LogP contribution is -2.12. The number of anilines is 1. The van der Waals surface area contributed by atoms with Crippen LogP contribution >= 0.6 is 34.2 Å². The number of hydrogen-bond donors (Lipinski definition) is 1. The van der Waals surface area contributed by atoms with Gasteiger partial charge >= 0.3 is 0 Å². The van der Waals surface area contributed by atoms with Crippen LogP contribution in [0.25, 0.3) is 0 Å². The van der Waals surface area contributed by atoms with Crippen LogP contribution in [-0.2, 0) is 13.2 Å². The minimum absolute atomic E-state index is 0.155. The van der Waals surface area contributed by atoms with E-state index in [-0.39, 0.29) is 18.3 Å². The number of benzene rings is 2. The number of furan rings is 1. The summed E-state index contributed by atoms with van der Waals surface area (Å²) in [6.45, 7) is 0.713. The molecule has 4 aromatic rings. The zero-order valence-electron chi connectivity index (χ0n) is 15.6. The van der Waals surface area contributed by atoms with Crippen LogP contribution in [0.2, 0.25) is 5.02 Å². The van der Waals surface area contributed by atoms with Gasteiger partial charge in [0.25, 0.3) is 5.91 Å². The maximum Gasteiger partial charge on any atom is 0.293 e. The molecule has 1 N–H and O–H groups in total. The number of rotatable bonds is 7. The third-order valence-corrected chi connectivity index (χ3v) is 5.03. The quantitative estimate of drug-likeness (QED) is 0.337. The predicted molar refractivity (Wildman–Crippen MR) is 121 cm³/mol. The number of aromatic nitrogens is 3. The van der Waals surface area contributed by atoms with Gasteiger partial charge in [0, 0.05) is 8.59 Å². The second-order valence-electron chi connectivity index (χ2n) is 6.36. The lowest BCUT2D eigenvalue weighted by molar-refractivity contribution is 0.0991. The van der Waals surface area contributed by atoms with Gasteiger partial charge in [-0.05, 0) is 76.7 Å². The van der Waals surface area contributed by atoms with Gasteiger partial charge in [-0.3, -0.25) is 10.1 Å². The van der Waals surface area contributed by atoms with Crippen molar-refractivity contribution in [1.82, 2.24) is 14.8 Å². The normalized spacial score (nSPS) is 10.7. The molecular formula is C21H16ClIN4O3. The molecule has 0 aliphatic carbocycles. The molecule has 0 spiro atoms. The maximum absolute atomic E-state index is 12.4. The topological polar surface area (TPSA) is 82.2 Å². The van der Waals surface area contributed by atoms with Gasteiger partial charge in [0.2, 0.25) is 5.95 Å². The summed E-state index contributed by atoms with van der Waals surface area (Å²) in [6.07, 6.45) is 1.54. The first-order chi connectivity index (χ1) is 14.5. The van der Waals surface area contributed by atoms with E-state index in [9.17, 15) is 4.79 Å². The van der Waals surface area contributed by atoms with Crippen LogP contribution in [0.5, 0.6) is 5.75 Å². The molecular weight excluding hydrogens is 519 g/mol. The first-order valence-electron chi connectivity index (χ1n) is 8.97. The molecule has 0 saturated heterocycles. The van der Waals surface area contributed by atoms with E-state index in [1.165, 1.54) is 0 Å². The molecule has 0 saturated carbocycles. The van der Waals surface area contributed by atoms with Gasteiger partial charge < -0.3 is 9.15 Å². The molecule has 0 bridgehead atoms. The summed E-state index contributed by atoms with van der Waals surface area (Å²) in [7, 11) is 0. The second kappa shape index (κ2) is 9.31. The lowest BCUT2D eigenvalue weighted by Gasteiger charge is -2.04. The largest absolute Gasteiger partial charge is 0.486 e. The van der Waals surface area contributed by atoms with E-state index in [0.717, 1.165) is 14.9 Å². The van der Waals surface area contributed by atoms with Gasteiger partial charge in [-0.1, -0.05) is 23.7 Å². The summed E-state index contributed by atoms with van der Waals surface area (Å²) >= 11 is 8.22. The van der Waals surface area contributed by atoms with Crippen molar-refractivity contribution < 1.29 is 13.9 Å². The highest BCUT2D eigenvalue weighted by Crippen LogP contribution is 2.17. The first kappa shape index (κ1) is 20.4. The molecule has 2 aromatic carbocycles. The van der Waals surface area contributed by atoms with E-state index in [4.69, 9.17) is 20.8 Å². The summed E-state index contributed by atoms with van der Waals surface area (Å²) in [5.74, 6) is 1.18. The Kier molecular flexibility index (Phi) is 6.34. The minimum atomic E-state index is -0.434. The third-order valence-electron chi connectivity index (χ3n) is 4.08. The fourth-order valence-corrected chi connectivity index (χ4v) is 3.25. The van der Waals surface area contributed by atoms with Crippen LogP contribution in [0.3, 0.4) is 0 Å². The van der Waals surface area contributed by atoms with E-state index in [1.54, 1.807) is 29.2 Å². The van der Waals surface area contributed by atoms with Gasteiger partial charge in [0.15, 0.2) is 5.76 Å². The van der Waals surface area contributed by atoms with Crippen molar-refractivity contribution in [3.63, 3.8) is 0 Å². The number of amides is 1. The summed E-state index contributed by atoms with van der Waals surface area (Å²) < 4.78 is 14.0. The van der Waals surface area contributed by atoms with Crippen LogP contribution in [-0.4, -0.2) is 20.7 Å². The molecule has 4 rings (SSSR count). The van der Waals surface area contributed by atoms with Gasteiger partial charge in [-0.2, -0.15) is 0 Å². The molecule has 152 valence electrons. The van der Waals surface area contributed by atoms with Crippen LogP contribution in [0, 0.1) is 3.57 Å². The molecule has 0 aliphatic rings. The Labute approximate surface area is 191 Å². The van der Waals surface area contributed by atoms with Crippen molar-refractivity contribution in [1.29, 1.82) is 0 Å². The molecule has 0 unspecified atom stereocenters. The first-order valence-corrected chi connectivity index (χ1v) is 10.4. The molecule has 0 atom stereocenters. The highest BCUT2D eigenvalue weighted by atomic mass is 127. The SMILES string of the molecule is O=C(Nc1ncn(Cc2cccc(Cl)c2)n1)c1ccc(COc2ccc(I)cc2)o1.